The van der Waals surface area contributed by atoms with Gasteiger partial charge in [0.1, 0.15) is 24.5 Å². The van der Waals surface area contributed by atoms with Gasteiger partial charge < -0.3 is 39.5 Å². The lowest BCUT2D eigenvalue weighted by molar-refractivity contribution is -0.156. The Morgan fingerprint density at radius 2 is 1.89 bits per heavy atom. The number of rotatable bonds is 11. The molecule has 6 bridgehead atoms. The Morgan fingerprint density at radius 1 is 1.10 bits per heavy atom. The van der Waals surface area contributed by atoms with Crippen LogP contribution in [0, 0.1) is 11.3 Å². The molecule has 2 aromatic heterocycles. The highest BCUT2D eigenvalue weighted by atomic mass is 35.5. The van der Waals surface area contributed by atoms with Gasteiger partial charge in [0.25, 0.3) is 11.8 Å². The summed E-state index contributed by atoms with van der Waals surface area (Å²) in [5.41, 5.74) is 5.50. The summed E-state index contributed by atoms with van der Waals surface area (Å²) < 4.78 is 36.5. The van der Waals surface area contributed by atoms with Crippen molar-refractivity contribution in [3.8, 4) is 0 Å². The smallest absolute Gasteiger partial charge is 0.346 e. The number of likely N-dealkylation sites (tertiary alicyclic amines) is 1. The van der Waals surface area contributed by atoms with Gasteiger partial charge in [-0.15, -0.1) is 11.6 Å². The molecule has 0 radical (unpaired) electrons. The van der Waals surface area contributed by atoms with Crippen molar-refractivity contribution in [1.82, 2.24) is 45.3 Å². The number of alkyl halides is 2. The van der Waals surface area contributed by atoms with Gasteiger partial charge in [0, 0.05) is 81.9 Å². The number of ether oxygens (including phenoxy) is 3. The van der Waals surface area contributed by atoms with Gasteiger partial charge in [-0.25, -0.2) is 19.6 Å². The summed E-state index contributed by atoms with van der Waals surface area (Å²) in [7, 11) is 3.03. The van der Waals surface area contributed by atoms with E-state index < -0.39 is 77.5 Å². The van der Waals surface area contributed by atoms with E-state index >= 15 is 4.39 Å². The molecule has 4 aliphatic rings. The number of carbonyl (C=O) groups excluding carboxylic acids is 5. The maximum absolute atomic E-state index is 17.3. The zero-order valence-corrected chi connectivity index (χ0v) is 44.3. The van der Waals surface area contributed by atoms with Crippen molar-refractivity contribution in [2.75, 3.05) is 76.9 Å². The maximum atomic E-state index is 17.3. The number of nitrogens with zero attached hydrogens (tertiary/aromatic N) is 8. The average molecular weight is 1030 g/mol. The topological polar surface area (TPSA) is 206 Å². The first-order chi connectivity index (χ1) is 34.9. The number of allylic oxidation sites excluding steroid dienone is 1. The fourth-order valence-corrected chi connectivity index (χ4v) is 10.5. The number of hydrogen-bond acceptors (Lipinski definition) is 14. The zero-order chi connectivity index (χ0) is 52.6. The molecule has 398 valence electrons. The van der Waals surface area contributed by atoms with Crippen LogP contribution in [0.1, 0.15) is 115 Å². The van der Waals surface area contributed by atoms with Crippen molar-refractivity contribution < 1.29 is 42.6 Å². The molecule has 0 aliphatic carbocycles. The third-order valence-corrected chi connectivity index (χ3v) is 14.4. The predicted octanol–water partition coefficient (Wildman–Crippen LogP) is 5.99. The van der Waals surface area contributed by atoms with E-state index in [0.29, 0.717) is 58.3 Å². The number of likely N-dealkylation sites (N-methyl/N-ethyl adjacent to an activating group) is 1. The first kappa shape index (κ1) is 55.1. The van der Waals surface area contributed by atoms with E-state index in [9.17, 15) is 24.0 Å². The number of pyridine rings is 1. The fourth-order valence-electron chi connectivity index (χ4n) is 10.4. The largest absolute Gasteiger partial charge is 0.464 e. The number of anilines is 2. The highest BCUT2D eigenvalue weighted by Gasteiger charge is 2.48. The molecule has 3 saturated heterocycles. The standard InChI is InChI=1S/C52H73ClFN11O8/c1-9-55-40-17-16-37-25-39(40)36(24-35-14-12-19-56-44(35)34(4)71-8)27-51(5,6)31-73-48(68)41-15-13-21-64(60-41)47(67)42(26-38-29-62(37)22-23-72-38)59-46(66)45(33(2)3)61(7)49(69)52(54)18-10-11-20-63(30-52)50(70)65-43(28-53)57-32-58-65/h12,14,16-17,19,24-25,32-34,38,41-42,45,55,60H,9-11,13,15,18,20-23,26-31H2,1-8H3,(H,59,66)/b36-24+/t34-,38-,41-,42-,45-,52?/m0/s1. The summed E-state index contributed by atoms with van der Waals surface area (Å²) in [5.74, 6) is -3.12. The molecule has 4 aliphatic heterocycles. The average Bonchev–Trinajstić information content (AvgIpc) is 3.77. The second-order valence-corrected chi connectivity index (χ2v) is 21.0. The second kappa shape index (κ2) is 24.1. The SMILES string of the molecule is CCNc1ccc2cc1/C(=C/c1cccnc1[C@H](C)OC)CC(C)(C)COC(=O)[C@@H]1CCCN(N1)C(=O)[C@@H](NC(=O)[C@H](C(C)C)N(C)C(=O)C1(F)CCCCN(C(=O)n3ncnc3CCl)C1)C[C@H]1CN2CCO1. The van der Waals surface area contributed by atoms with Crippen molar-refractivity contribution >= 4 is 64.3 Å². The number of esters is 1. The Morgan fingerprint density at radius 3 is 2.63 bits per heavy atom. The number of methoxy groups -OCH3 is 1. The van der Waals surface area contributed by atoms with Gasteiger partial charge in [-0.3, -0.25) is 29.2 Å². The maximum Gasteiger partial charge on any atom is 0.346 e. The third kappa shape index (κ3) is 13.0. The highest BCUT2D eigenvalue weighted by Crippen LogP contribution is 2.40. The van der Waals surface area contributed by atoms with Crippen molar-refractivity contribution in [3.63, 3.8) is 0 Å². The molecule has 1 aromatic carbocycles. The van der Waals surface area contributed by atoms with Gasteiger partial charge >= 0.3 is 12.0 Å². The number of nitrogens with one attached hydrogen (secondary N) is 3. The molecule has 0 spiro atoms. The van der Waals surface area contributed by atoms with Gasteiger partial charge in [-0.2, -0.15) is 9.78 Å². The van der Waals surface area contributed by atoms with E-state index in [-0.39, 0.29) is 50.3 Å². The number of morpholine rings is 1. The summed E-state index contributed by atoms with van der Waals surface area (Å²) in [6.45, 7) is 13.5. The number of hydrazine groups is 1. The Labute approximate surface area is 432 Å². The number of benzene rings is 1. The molecular formula is C52H73ClFN11O8. The lowest BCUT2D eigenvalue weighted by Crippen LogP contribution is -2.63. The van der Waals surface area contributed by atoms with Crippen molar-refractivity contribution in [2.45, 2.75) is 128 Å². The Bertz CT molecular complexity index is 2490. The van der Waals surface area contributed by atoms with Crippen LogP contribution in [0.5, 0.6) is 0 Å². The lowest BCUT2D eigenvalue weighted by Gasteiger charge is -2.40. The van der Waals surface area contributed by atoms with E-state index in [4.69, 9.17) is 30.8 Å². The van der Waals surface area contributed by atoms with Gasteiger partial charge in [-0.1, -0.05) is 33.8 Å². The number of aromatic nitrogens is 4. The molecule has 0 saturated carbocycles. The van der Waals surface area contributed by atoms with E-state index in [1.807, 2.05) is 26.0 Å². The number of fused-ring (bicyclic) bond motifs is 7. The van der Waals surface area contributed by atoms with E-state index in [1.54, 1.807) is 27.2 Å². The van der Waals surface area contributed by atoms with Crippen molar-refractivity contribution in [3.05, 3.63) is 65.5 Å². The van der Waals surface area contributed by atoms with Crippen LogP contribution in [0.2, 0.25) is 0 Å². The van der Waals surface area contributed by atoms with Gasteiger partial charge in [0.05, 0.1) is 43.5 Å². The monoisotopic (exact) mass is 1030 g/mol. The van der Waals surface area contributed by atoms with Crippen LogP contribution in [0.25, 0.3) is 11.6 Å². The minimum Gasteiger partial charge on any atom is -0.464 e. The highest BCUT2D eigenvalue weighted by molar-refractivity contribution is 6.16. The van der Waals surface area contributed by atoms with Crippen LogP contribution < -0.4 is 21.0 Å². The zero-order valence-electron chi connectivity index (χ0n) is 43.5. The predicted molar refractivity (Wildman–Crippen MR) is 275 cm³/mol. The van der Waals surface area contributed by atoms with Crippen LogP contribution in [-0.2, 0) is 39.3 Å². The molecule has 6 atom stereocenters. The Kier molecular flexibility index (Phi) is 18.2. The molecule has 3 aromatic rings. The molecule has 3 N–H and O–H groups in total. The summed E-state index contributed by atoms with van der Waals surface area (Å²) >= 11 is 5.99. The second-order valence-electron chi connectivity index (χ2n) is 20.7. The molecule has 3 fully saturated rings. The molecule has 73 heavy (non-hydrogen) atoms. The summed E-state index contributed by atoms with van der Waals surface area (Å²) in [6.07, 6.45) is 6.27. The molecule has 6 heterocycles. The number of hydrogen-bond donors (Lipinski definition) is 3. The van der Waals surface area contributed by atoms with Crippen LogP contribution in [0.4, 0.5) is 20.6 Å². The third-order valence-electron chi connectivity index (χ3n) is 14.2. The molecular weight excluding hydrogens is 961 g/mol. The molecule has 7 rings (SSSR count). The number of carbonyl (C=O) groups is 5. The number of cyclic esters (lactones) is 1. The molecule has 21 heteroatoms. The number of amides is 4. The van der Waals surface area contributed by atoms with E-state index in [1.165, 1.54) is 23.3 Å². The Hall–Kier alpha value is -5.70. The molecule has 1 unspecified atom stereocenters. The molecule has 19 nitrogen and oxygen atoms in total. The van der Waals surface area contributed by atoms with Crippen molar-refractivity contribution in [1.29, 1.82) is 0 Å². The quantitative estimate of drug-likeness (QED) is 0.149. The van der Waals surface area contributed by atoms with Crippen LogP contribution >= 0.6 is 11.6 Å². The summed E-state index contributed by atoms with van der Waals surface area (Å²) in [6, 6.07) is 6.27. The lowest BCUT2D eigenvalue weighted by atomic mass is 9.82. The first-order valence-electron chi connectivity index (χ1n) is 25.5. The normalized spacial score (nSPS) is 24.5. The van der Waals surface area contributed by atoms with Crippen LogP contribution in [-0.4, -0.2) is 161 Å². The first-order valence-corrected chi connectivity index (χ1v) is 26.1. The van der Waals surface area contributed by atoms with Crippen molar-refractivity contribution in [2.24, 2.45) is 11.3 Å². The summed E-state index contributed by atoms with van der Waals surface area (Å²) in [4.78, 5) is 84.9. The van der Waals surface area contributed by atoms with Gasteiger partial charge in [0.2, 0.25) is 11.6 Å². The fraction of sp³-hybridized carbons (Fsp3) is 0.615. The van der Waals surface area contributed by atoms with Crippen LogP contribution in [0.3, 0.4) is 0 Å². The molecule has 4 amide bonds. The minimum atomic E-state index is -2.55. The van der Waals surface area contributed by atoms with Gasteiger partial charge in [0.15, 0.2) is 5.82 Å². The van der Waals surface area contributed by atoms with Gasteiger partial charge in [-0.05, 0) is 99.8 Å². The number of halogens is 2. The van der Waals surface area contributed by atoms with E-state index in [0.717, 1.165) is 43.4 Å². The Balaban J connectivity index is 1.21. The van der Waals surface area contributed by atoms with Crippen LogP contribution in [0.15, 0.2) is 42.9 Å². The summed E-state index contributed by atoms with van der Waals surface area (Å²) in [5, 5.41) is 11.9. The minimum absolute atomic E-state index is 0.0384. The van der Waals surface area contributed by atoms with E-state index in [2.05, 4.69) is 69.2 Å².